The van der Waals surface area contributed by atoms with Crippen molar-refractivity contribution in [2.24, 2.45) is 0 Å². The average molecular weight is 279 g/mol. The van der Waals surface area contributed by atoms with Gasteiger partial charge in [0.2, 0.25) is 5.95 Å². The summed E-state index contributed by atoms with van der Waals surface area (Å²) in [5.74, 6) is 0.565. The van der Waals surface area contributed by atoms with Crippen LogP contribution in [0.5, 0.6) is 0 Å². The van der Waals surface area contributed by atoms with Crippen LogP contribution < -0.4 is 10.6 Å². The van der Waals surface area contributed by atoms with Gasteiger partial charge in [-0.2, -0.15) is 0 Å². The monoisotopic (exact) mass is 279 g/mol. The van der Waals surface area contributed by atoms with E-state index >= 15 is 0 Å². The smallest absolute Gasteiger partial charge is 0.317 e. The van der Waals surface area contributed by atoms with Crippen LogP contribution in [0.25, 0.3) is 0 Å². The molecule has 1 aromatic rings. The van der Waals surface area contributed by atoms with Crippen LogP contribution in [0.1, 0.15) is 13.8 Å². The molecule has 1 aliphatic rings. The number of hydrogen-bond acceptors (Lipinski definition) is 5. The van der Waals surface area contributed by atoms with E-state index in [1.807, 2.05) is 13.8 Å². The largest absolute Gasteiger partial charge is 0.372 e. The molecule has 0 aliphatic carbocycles. The van der Waals surface area contributed by atoms with Crippen molar-refractivity contribution in [1.82, 2.24) is 20.2 Å². The van der Waals surface area contributed by atoms with Gasteiger partial charge in [-0.25, -0.2) is 14.8 Å². The molecule has 1 fully saturated rings. The van der Waals surface area contributed by atoms with Crippen molar-refractivity contribution in [2.45, 2.75) is 26.1 Å². The number of rotatable bonds is 4. The third-order valence-electron chi connectivity index (χ3n) is 2.96. The molecule has 2 rings (SSSR count). The fraction of sp³-hybridized carbons (Fsp3) is 0.615. The van der Waals surface area contributed by atoms with Crippen molar-refractivity contribution >= 4 is 12.0 Å². The number of amides is 2. The minimum Gasteiger partial charge on any atom is -0.372 e. The minimum atomic E-state index is -0.0530. The number of nitrogens with one attached hydrogen (secondary N) is 2. The van der Waals surface area contributed by atoms with Crippen molar-refractivity contribution in [3.05, 3.63) is 18.5 Å². The van der Waals surface area contributed by atoms with Gasteiger partial charge in [-0.05, 0) is 19.9 Å². The summed E-state index contributed by atoms with van der Waals surface area (Å²) < 4.78 is 5.60. The maximum Gasteiger partial charge on any atom is 0.317 e. The zero-order valence-electron chi connectivity index (χ0n) is 11.9. The van der Waals surface area contributed by atoms with Crippen LogP contribution in [0.4, 0.5) is 10.7 Å². The van der Waals surface area contributed by atoms with E-state index in [0.717, 1.165) is 0 Å². The molecule has 2 unspecified atom stereocenters. The zero-order valence-corrected chi connectivity index (χ0v) is 11.9. The van der Waals surface area contributed by atoms with E-state index in [1.165, 1.54) is 0 Å². The van der Waals surface area contributed by atoms with Gasteiger partial charge in [-0.3, -0.25) is 0 Å². The third kappa shape index (κ3) is 4.34. The van der Waals surface area contributed by atoms with Crippen LogP contribution in [0.2, 0.25) is 0 Å². The Morgan fingerprint density at radius 1 is 1.30 bits per heavy atom. The Balaban J connectivity index is 1.67. The first-order chi connectivity index (χ1) is 9.65. The quantitative estimate of drug-likeness (QED) is 0.793. The van der Waals surface area contributed by atoms with Crippen molar-refractivity contribution in [3.63, 3.8) is 0 Å². The van der Waals surface area contributed by atoms with Crippen molar-refractivity contribution in [1.29, 1.82) is 0 Å². The summed E-state index contributed by atoms with van der Waals surface area (Å²) in [5.41, 5.74) is 0. The number of hydrogen-bond donors (Lipinski definition) is 2. The fourth-order valence-electron chi connectivity index (χ4n) is 2.19. The van der Waals surface area contributed by atoms with Crippen LogP contribution in [-0.2, 0) is 4.74 Å². The minimum absolute atomic E-state index is 0.0530. The van der Waals surface area contributed by atoms with Crippen LogP contribution >= 0.6 is 0 Å². The summed E-state index contributed by atoms with van der Waals surface area (Å²) in [6, 6.07) is 1.70. The molecule has 2 atom stereocenters. The van der Waals surface area contributed by atoms with Gasteiger partial charge in [0.05, 0.1) is 12.2 Å². The van der Waals surface area contributed by atoms with Crippen LogP contribution in [0.15, 0.2) is 18.5 Å². The highest BCUT2D eigenvalue weighted by Gasteiger charge is 2.25. The summed E-state index contributed by atoms with van der Waals surface area (Å²) in [7, 11) is 0. The third-order valence-corrected chi connectivity index (χ3v) is 2.96. The lowest BCUT2D eigenvalue weighted by Crippen LogP contribution is -2.52. The summed E-state index contributed by atoms with van der Waals surface area (Å²) in [4.78, 5) is 21.9. The Hall–Kier alpha value is -1.89. The molecule has 0 spiro atoms. The zero-order chi connectivity index (χ0) is 14.4. The standard InChI is InChI=1S/C13H21N5O2/c1-10-8-18(9-11(2)20-10)13(19)17-7-6-16-12-14-4-3-5-15-12/h3-5,10-11H,6-9H2,1-2H3,(H,17,19)(H,14,15,16). The Kier molecular flexibility index (Phi) is 5.11. The number of carbonyl (C=O) groups excluding carboxylic acids is 1. The van der Waals surface area contributed by atoms with Crippen molar-refractivity contribution in [3.8, 4) is 0 Å². The Morgan fingerprint density at radius 3 is 2.60 bits per heavy atom. The summed E-state index contributed by atoms with van der Waals surface area (Å²) >= 11 is 0. The van der Waals surface area contributed by atoms with E-state index in [-0.39, 0.29) is 18.2 Å². The predicted octanol–water partition coefficient (Wildman–Crippen LogP) is 0.707. The molecular formula is C13H21N5O2. The van der Waals surface area contributed by atoms with Crippen LogP contribution in [0, 0.1) is 0 Å². The van der Waals surface area contributed by atoms with Gasteiger partial charge in [-0.1, -0.05) is 0 Å². The normalized spacial score (nSPS) is 22.4. The number of morpholine rings is 1. The lowest BCUT2D eigenvalue weighted by Gasteiger charge is -2.35. The molecule has 0 radical (unpaired) electrons. The number of nitrogens with zero attached hydrogens (tertiary/aromatic N) is 3. The van der Waals surface area contributed by atoms with E-state index in [9.17, 15) is 4.79 Å². The molecule has 2 N–H and O–H groups in total. The average Bonchev–Trinajstić information content (AvgIpc) is 2.43. The second kappa shape index (κ2) is 7.04. The molecule has 1 aliphatic heterocycles. The van der Waals surface area contributed by atoms with E-state index in [2.05, 4.69) is 20.6 Å². The molecule has 0 saturated carbocycles. The predicted molar refractivity (Wildman–Crippen MR) is 75.5 cm³/mol. The Labute approximate surface area is 118 Å². The number of aromatic nitrogens is 2. The van der Waals surface area contributed by atoms with Crippen molar-refractivity contribution in [2.75, 3.05) is 31.5 Å². The highest BCUT2D eigenvalue weighted by atomic mass is 16.5. The van der Waals surface area contributed by atoms with E-state index in [1.54, 1.807) is 23.4 Å². The van der Waals surface area contributed by atoms with E-state index in [4.69, 9.17) is 4.74 Å². The molecule has 20 heavy (non-hydrogen) atoms. The Bertz CT molecular complexity index is 418. The first-order valence-corrected chi connectivity index (χ1v) is 6.84. The van der Waals surface area contributed by atoms with E-state index < -0.39 is 0 Å². The van der Waals surface area contributed by atoms with Gasteiger partial charge in [0.15, 0.2) is 0 Å². The molecule has 0 aromatic carbocycles. The van der Waals surface area contributed by atoms with Gasteiger partial charge >= 0.3 is 6.03 Å². The number of carbonyl (C=O) groups is 1. The summed E-state index contributed by atoms with van der Waals surface area (Å²) in [6.45, 7) is 6.33. The molecular weight excluding hydrogens is 258 g/mol. The second-order valence-electron chi connectivity index (χ2n) is 4.89. The van der Waals surface area contributed by atoms with Gasteiger partial charge in [-0.15, -0.1) is 0 Å². The maximum atomic E-state index is 12.0. The Morgan fingerprint density at radius 2 is 1.95 bits per heavy atom. The SMILES string of the molecule is CC1CN(C(=O)NCCNc2ncccn2)CC(C)O1. The summed E-state index contributed by atoms with van der Waals surface area (Å²) in [5, 5.41) is 5.92. The van der Waals surface area contributed by atoms with Crippen LogP contribution in [-0.4, -0.2) is 59.3 Å². The molecule has 110 valence electrons. The van der Waals surface area contributed by atoms with Crippen LogP contribution in [0.3, 0.4) is 0 Å². The van der Waals surface area contributed by atoms with E-state index in [0.29, 0.717) is 32.1 Å². The molecule has 1 aromatic heterocycles. The number of urea groups is 1. The van der Waals surface area contributed by atoms with Gasteiger partial charge in [0.25, 0.3) is 0 Å². The number of ether oxygens (including phenoxy) is 1. The first kappa shape index (κ1) is 14.5. The van der Waals surface area contributed by atoms with Crippen molar-refractivity contribution < 1.29 is 9.53 Å². The molecule has 1 saturated heterocycles. The highest BCUT2D eigenvalue weighted by Crippen LogP contribution is 2.10. The van der Waals surface area contributed by atoms with Gasteiger partial charge in [0, 0.05) is 38.6 Å². The lowest BCUT2D eigenvalue weighted by atomic mass is 10.2. The first-order valence-electron chi connectivity index (χ1n) is 6.84. The second-order valence-corrected chi connectivity index (χ2v) is 4.89. The molecule has 7 nitrogen and oxygen atoms in total. The van der Waals surface area contributed by atoms with Gasteiger partial charge in [0.1, 0.15) is 0 Å². The number of anilines is 1. The summed E-state index contributed by atoms with van der Waals surface area (Å²) in [6.07, 6.45) is 3.51. The maximum absolute atomic E-state index is 12.0. The lowest BCUT2D eigenvalue weighted by molar-refractivity contribution is -0.0544. The highest BCUT2D eigenvalue weighted by molar-refractivity contribution is 5.74. The fourth-order valence-corrected chi connectivity index (χ4v) is 2.19. The molecule has 2 heterocycles. The molecule has 0 bridgehead atoms. The topological polar surface area (TPSA) is 79.4 Å². The van der Waals surface area contributed by atoms with Gasteiger partial charge < -0.3 is 20.3 Å². The molecule has 7 heteroatoms. The molecule has 2 amide bonds.